The van der Waals surface area contributed by atoms with Crippen molar-refractivity contribution in [2.75, 3.05) is 0 Å². The lowest BCUT2D eigenvalue weighted by Gasteiger charge is -2.05. The van der Waals surface area contributed by atoms with Crippen LogP contribution in [-0.4, -0.2) is 15.5 Å². The Kier molecular flexibility index (Phi) is 3.87. The summed E-state index contributed by atoms with van der Waals surface area (Å²) in [4.78, 5) is 21.5. The first-order chi connectivity index (χ1) is 6.93. The second kappa shape index (κ2) is 4.76. The molecule has 1 rings (SSSR count). The number of nitro benzene ring substituents is 1. The topological polar surface area (TPSA) is 60.2 Å². The number of Topliss-reactive ketones (excluding diaryl/α,β-unsaturated/α-hetero) is 1. The Morgan fingerprint density at radius 3 is 2.60 bits per heavy atom. The minimum Gasteiger partial charge on any atom is -0.293 e. The molecule has 1 unspecified atom stereocenters. The van der Waals surface area contributed by atoms with Crippen molar-refractivity contribution in [3.05, 3.63) is 33.9 Å². The molecule has 0 spiro atoms. The van der Waals surface area contributed by atoms with Gasteiger partial charge >= 0.3 is 0 Å². The van der Waals surface area contributed by atoms with Crippen molar-refractivity contribution in [2.24, 2.45) is 0 Å². The van der Waals surface area contributed by atoms with Crippen molar-refractivity contribution < 1.29 is 9.72 Å². The number of thiol groups is 1. The highest BCUT2D eigenvalue weighted by Gasteiger charge is 2.17. The Bertz CT molecular complexity index is 420. The molecule has 0 amide bonds. The van der Waals surface area contributed by atoms with Crippen LogP contribution < -0.4 is 0 Å². The van der Waals surface area contributed by atoms with Crippen molar-refractivity contribution in [1.82, 2.24) is 0 Å². The van der Waals surface area contributed by atoms with Crippen LogP contribution in [0.3, 0.4) is 0 Å². The summed E-state index contributed by atoms with van der Waals surface area (Å²) in [5.41, 5.74) is 0.312. The van der Waals surface area contributed by atoms with Crippen LogP contribution >= 0.6 is 28.6 Å². The predicted molar refractivity (Wildman–Crippen MR) is 63.1 cm³/mol. The second-order valence-corrected chi connectivity index (χ2v) is 4.79. The SMILES string of the molecule is CC(Br)C(=O)c1ccc([N+](=O)[O-])cc1S. The summed E-state index contributed by atoms with van der Waals surface area (Å²) in [7, 11) is 0. The largest absolute Gasteiger partial charge is 0.293 e. The predicted octanol–water partition coefficient (Wildman–Crippen LogP) is 2.85. The summed E-state index contributed by atoms with van der Waals surface area (Å²) in [6.45, 7) is 1.69. The summed E-state index contributed by atoms with van der Waals surface area (Å²) < 4.78 is 0. The minimum atomic E-state index is -0.522. The third-order valence-electron chi connectivity index (χ3n) is 1.82. The van der Waals surface area contributed by atoms with Gasteiger partial charge in [-0.15, -0.1) is 12.6 Å². The summed E-state index contributed by atoms with van der Waals surface area (Å²) >= 11 is 7.19. The summed E-state index contributed by atoms with van der Waals surface area (Å²) in [6.07, 6.45) is 0. The van der Waals surface area contributed by atoms with Gasteiger partial charge in [0.25, 0.3) is 5.69 Å². The Balaban J connectivity index is 3.14. The van der Waals surface area contributed by atoms with Gasteiger partial charge in [-0.3, -0.25) is 14.9 Å². The lowest BCUT2D eigenvalue weighted by atomic mass is 10.1. The van der Waals surface area contributed by atoms with Crippen molar-refractivity contribution >= 4 is 40.0 Å². The number of alkyl halides is 1. The average Bonchev–Trinajstić information content (AvgIpc) is 2.16. The average molecular weight is 290 g/mol. The molecule has 80 valence electrons. The van der Waals surface area contributed by atoms with Crippen LogP contribution in [0.5, 0.6) is 0 Å². The lowest BCUT2D eigenvalue weighted by Crippen LogP contribution is -2.10. The van der Waals surface area contributed by atoms with Gasteiger partial charge in [0, 0.05) is 22.6 Å². The molecule has 1 aromatic carbocycles. The Hall–Kier alpha value is -0.880. The molecule has 0 aliphatic rings. The number of carbonyl (C=O) groups excluding carboxylic acids is 1. The van der Waals surface area contributed by atoms with E-state index in [4.69, 9.17) is 0 Å². The third-order valence-corrected chi connectivity index (χ3v) is 2.60. The van der Waals surface area contributed by atoms with E-state index < -0.39 is 4.92 Å². The monoisotopic (exact) mass is 289 g/mol. The molecule has 0 saturated heterocycles. The highest BCUT2D eigenvalue weighted by atomic mass is 79.9. The molecule has 0 bridgehead atoms. The van der Waals surface area contributed by atoms with Crippen LogP contribution in [0, 0.1) is 10.1 Å². The number of halogens is 1. The number of nitro groups is 1. The zero-order valence-electron chi connectivity index (χ0n) is 7.81. The Morgan fingerprint density at radius 1 is 1.60 bits per heavy atom. The van der Waals surface area contributed by atoms with Crippen LogP contribution in [-0.2, 0) is 0 Å². The van der Waals surface area contributed by atoms with Gasteiger partial charge in [-0.1, -0.05) is 15.9 Å². The molecule has 1 aromatic rings. The molecule has 0 aliphatic carbocycles. The fourth-order valence-electron chi connectivity index (χ4n) is 1.06. The van der Waals surface area contributed by atoms with Crippen molar-refractivity contribution in [3.63, 3.8) is 0 Å². The number of nitrogens with zero attached hydrogens (tertiary/aromatic N) is 1. The van der Waals surface area contributed by atoms with Crippen molar-refractivity contribution in [1.29, 1.82) is 0 Å². The quantitative estimate of drug-likeness (QED) is 0.306. The highest BCUT2D eigenvalue weighted by molar-refractivity contribution is 9.10. The number of rotatable bonds is 3. The van der Waals surface area contributed by atoms with E-state index in [1.807, 2.05) is 0 Å². The Labute approximate surface area is 100 Å². The van der Waals surface area contributed by atoms with E-state index in [1.165, 1.54) is 18.2 Å². The van der Waals surface area contributed by atoms with Gasteiger partial charge in [-0.25, -0.2) is 0 Å². The smallest absolute Gasteiger partial charge is 0.270 e. The van der Waals surface area contributed by atoms with E-state index in [1.54, 1.807) is 6.92 Å². The van der Waals surface area contributed by atoms with E-state index in [0.29, 0.717) is 10.5 Å². The maximum atomic E-state index is 11.6. The molecule has 0 aliphatic heterocycles. The van der Waals surface area contributed by atoms with Gasteiger partial charge < -0.3 is 0 Å². The third kappa shape index (κ3) is 2.79. The van der Waals surface area contributed by atoms with Crippen LogP contribution in [0.4, 0.5) is 5.69 Å². The molecule has 0 aromatic heterocycles. The number of benzene rings is 1. The number of hydrogen-bond donors (Lipinski definition) is 1. The molecular weight excluding hydrogens is 282 g/mol. The lowest BCUT2D eigenvalue weighted by molar-refractivity contribution is -0.385. The molecule has 15 heavy (non-hydrogen) atoms. The zero-order valence-corrected chi connectivity index (χ0v) is 10.3. The van der Waals surface area contributed by atoms with Crippen LogP contribution in [0.25, 0.3) is 0 Å². The number of hydrogen-bond acceptors (Lipinski definition) is 4. The molecule has 0 radical (unpaired) electrons. The van der Waals surface area contributed by atoms with Gasteiger partial charge in [0.1, 0.15) is 0 Å². The first-order valence-corrected chi connectivity index (χ1v) is 5.45. The van der Waals surface area contributed by atoms with Crippen LogP contribution in [0.1, 0.15) is 17.3 Å². The van der Waals surface area contributed by atoms with Gasteiger partial charge in [0.15, 0.2) is 5.78 Å². The first-order valence-electron chi connectivity index (χ1n) is 4.09. The fourth-order valence-corrected chi connectivity index (χ4v) is 1.62. The van der Waals surface area contributed by atoms with Gasteiger partial charge in [0.05, 0.1) is 9.75 Å². The fraction of sp³-hybridized carbons (Fsp3) is 0.222. The van der Waals surface area contributed by atoms with Crippen LogP contribution in [0.15, 0.2) is 23.1 Å². The maximum absolute atomic E-state index is 11.6. The van der Waals surface area contributed by atoms with E-state index in [9.17, 15) is 14.9 Å². The van der Waals surface area contributed by atoms with Crippen LogP contribution in [0.2, 0.25) is 0 Å². The van der Waals surface area contributed by atoms with Gasteiger partial charge in [-0.05, 0) is 13.0 Å². The number of non-ortho nitro benzene ring substituents is 1. The van der Waals surface area contributed by atoms with E-state index in [0.717, 1.165) is 0 Å². The van der Waals surface area contributed by atoms with E-state index in [-0.39, 0.29) is 16.3 Å². The maximum Gasteiger partial charge on any atom is 0.270 e. The molecule has 0 saturated carbocycles. The highest BCUT2D eigenvalue weighted by Crippen LogP contribution is 2.23. The number of carbonyl (C=O) groups is 1. The summed E-state index contributed by atoms with van der Waals surface area (Å²) in [5, 5.41) is 10.4. The van der Waals surface area contributed by atoms with E-state index >= 15 is 0 Å². The zero-order chi connectivity index (χ0) is 11.6. The standard InChI is InChI=1S/C9H8BrNO3S/c1-5(10)9(12)7-3-2-6(11(13)14)4-8(7)15/h2-5,15H,1H3. The molecule has 6 heteroatoms. The molecule has 4 nitrogen and oxygen atoms in total. The Morgan fingerprint density at radius 2 is 2.20 bits per heavy atom. The molecular formula is C9H8BrNO3S. The summed E-state index contributed by atoms with van der Waals surface area (Å²) in [6, 6.07) is 3.98. The molecule has 1 atom stereocenters. The summed E-state index contributed by atoms with van der Waals surface area (Å²) in [5.74, 6) is -0.144. The van der Waals surface area contributed by atoms with Gasteiger partial charge in [0.2, 0.25) is 0 Å². The second-order valence-electron chi connectivity index (χ2n) is 2.94. The molecule has 0 fully saturated rings. The minimum absolute atomic E-state index is 0.0706. The normalized spacial score (nSPS) is 12.2. The number of ketones is 1. The van der Waals surface area contributed by atoms with Crippen molar-refractivity contribution in [3.8, 4) is 0 Å². The first kappa shape index (κ1) is 12.2. The van der Waals surface area contributed by atoms with Crippen molar-refractivity contribution in [2.45, 2.75) is 16.6 Å². The van der Waals surface area contributed by atoms with Gasteiger partial charge in [-0.2, -0.15) is 0 Å². The molecule has 0 N–H and O–H groups in total. The molecule has 0 heterocycles. The van der Waals surface area contributed by atoms with E-state index in [2.05, 4.69) is 28.6 Å².